The van der Waals surface area contributed by atoms with Crippen LogP contribution in [-0.2, 0) is 0 Å². The molecule has 2 rings (SSSR count). The smallest absolute Gasteiger partial charge is 0.324 e. The Morgan fingerprint density at radius 2 is 2.15 bits per heavy atom. The first-order valence-corrected chi connectivity index (χ1v) is 6.11. The van der Waals surface area contributed by atoms with Crippen molar-refractivity contribution in [2.75, 3.05) is 11.9 Å². The van der Waals surface area contributed by atoms with Crippen LogP contribution in [0.5, 0.6) is 0 Å². The van der Waals surface area contributed by atoms with Gasteiger partial charge in [0, 0.05) is 0 Å². The van der Waals surface area contributed by atoms with Gasteiger partial charge in [0.25, 0.3) is 0 Å². The summed E-state index contributed by atoms with van der Waals surface area (Å²) < 4.78 is 50.2. The normalized spacial score (nSPS) is 12.1. The molecule has 108 valence electrons. The number of nitrogens with zero attached hydrogens (tertiary/aromatic N) is 2. The molecule has 20 heavy (non-hydrogen) atoms. The highest BCUT2D eigenvalue weighted by atomic mass is 32.1. The molecule has 0 radical (unpaired) electrons. The van der Waals surface area contributed by atoms with E-state index in [9.17, 15) is 27.7 Å². The molecule has 1 aromatic heterocycles. The lowest BCUT2D eigenvalue weighted by atomic mass is 10.2. The first kappa shape index (κ1) is 14.4. The highest BCUT2D eigenvalue weighted by Crippen LogP contribution is 2.35. The third-order valence-electron chi connectivity index (χ3n) is 2.49. The summed E-state index contributed by atoms with van der Waals surface area (Å²) in [5.41, 5.74) is 0.628. The number of thiazole rings is 1. The zero-order valence-electron chi connectivity index (χ0n) is 9.65. The molecule has 0 aliphatic carbocycles. The van der Waals surface area contributed by atoms with E-state index in [4.69, 9.17) is 0 Å². The van der Waals surface area contributed by atoms with Gasteiger partial charge in [-0.05, 0) is 12.1 Å². The van der Waals surface area contributed by atoms with Gasteiger partial charge in [-0.15, -0.1) is 11.3 Å². The van der Waals surface area contributed by atoms with E-state index in [2.05, 4.69) is 4.98 Å². The fourth-order valence-electron chi connectivity index (χ4n) is 1.53. The van der Waals surface area contributed by atoms with Gasteiger partial charge < -0.3 is 5.32 Å². The van der Waals surface area contributed by atoms with Crippen LogP contribution in [0.15, 0.2) is 17.6 Å². The maximum Gasteiger partial charge on any atom is 0.324 e. The van der Waals surface area contributed by atoms with Crippen LogP contribution >= 0.6 is 11.3 Å². The molecule has 5 nitrogen and oxygen atoms in total. The van der Waals surface area contributed by atoms with Crippen molar-refractivity contribution >= 4 is 32.9 Å². The van der Waals surface area contributed by atoms with Gasteiger partial charge in [0.1, 0.15) is 5.69 Å². The number of halogens is 4. The molecule has 0 saturated heterocycles. The van der Waals surface area contributed by atoms with Gasteiger partial charge in [0.05, 0.1) is 21.7 Å². The molecule has 0 unspecified atom stereocenters. The number of nitro groups is 1. The topological polar surface area (TPSA) is 68.1 Å². The number of benzene rings is 1. The summed E-state index contributed by atoms with van der Waals surface area (Å²) in [6, 6.07) is 2.64. The van der Waals surface area contributed by atoms with Gasteiger partial charge in [-0.2, -0.15) is 8.78 Å². The van der Waals surface area contributed by atoms with Gasteiger partial charge in [0.2, 0.25) is 0 Å². The molecule has 0 aliphatic heterocycles. The Bertz CT molecular complexity index is 646. The number of alkyl halides is 4. The predicted octanol–water partition coefficient (Wildman–Crippen LogP) is 3.52. The lowest BCUT2D eigenvalue weighted by Gasteiger charge is -2.16. The van der Waals surface area contributed by atoms with Crippen LogP contribution in [0.3, 0.4) is 0 Å². The van der Waals surface area contributed by atoms with Crippen molar-refractivity contribution in [3.05, 3.63) is 27.8 Å². The fraction of sp³-hybridized carbons (Fsp3) is 0.300. The number of nitrogens with one attached hydrogen (secondary N) is 1. The molecule has 10 heteroatoms. The lowest BCUT2D eigenvalue weighted by molar-refractivity contribution is -0.382. The summed E-state index contributed by atoms with van der Waals surface area (Å²) in [4.78, 5) is 14.0. The molecule has 0 aliphatic rings. The van der Waals surface area contributed by atoms with Crippen molar-refractivity contribution in [2.45, 2.75) is 12.3 Å². The fourth-order valence-corrected chi connectivity index (χ4v) is 2.21. The second kappa shape index (κ2) is 5.19. The van der Waals surface area contributed by atoms with Gasteiger partial charge in [-0.25, -0.2) is 13.8 Å². The third kappa shape index (κ3) is 2.64. The first-order valence-electron chi connectivity index (χ1n) is 5.23. The van der Waals surface area contributed by atoms with Gasteiger partial charge in [0.15, 0.2) is 5.52 Å². The summed E-state index contributed by atoms with van der Waals surface area (Å²) in [5, 5.41) is 13.0. The van der Waals surface area contributed by atoms with E-state index in [0.29, 0.717) is 4.70 Å². The van der Waals surface area contributed by atoms with E-state index >= 15 is 0 Å². The minimum Gasteiger partial charge on any atom is -0.373 e. The standard InChI is InChI=1S/C10H7F4N3O2S/c11-9(12)10(13,14)3-15-5-1-2-6-7(16-4-20-6)8(5)17(18)19/h1-2,4,9,15H,3H2. The summed E-state index contributed by atoms with van der Waals surface area (Å²) in [6.07, 6.45) is -3.85. The molecule has 1 aromatic carbocycles. The summed E-state index contributed by atoms with van der Waals surface area (Å²) >= 11 is 1.14. The number of hydrogen-bond donors (Lipinski definition) is 1. The second-order valence-electron chi connectivity index (χ2n) is 3.83. The van der Waals surface area contributed by atoms with Crippen LogP contribution in [0.4, 0.5) is 28.9 Å². The zero-order valence-corrected chi connectivity index (χ0v) is 10.5. The number of rotatable bonds is 5. The van der Waals surface area contributed by atoms with Gasteiger partial charge in [-0.1, -0.05) is 0 Å². The Kier molecular flexibility index (Phi) is 3.75. The van der Waals surface area contributed by atoms with Crippen molar-refractivity contribution in [1.29, 1.82) is 0 Å². The Hall–Kier alpha value is -1.97. The average Bonchev–Trinajstić information content (AvgIpc) is 2.83. The highest BCUT2D eigenvalue weighted by molar-refractivity contribution is 7.16. The second-order valence-corrected chi connectivity index (χ2v) is 4.72. The molecule has 0 amide bonds. The summed E-state index contributed by atoms with van der Waals surface area (Å²) in [5.74, 6) is -4.27. The minimum atomic E-state index is -4.27. The molecule has 0 fully saturated rings. The van der Waals surface area contributed by atoms with E-state index in [0.717, 1.165) is 11.3 Å². The molecule has 1 heterocycles. The molecule has 0 atom stereocenters. The molecule has 0 bridgehead atoms. The van der Waals surface area contributed by atoms with Crippen molar-refractivity contribution in [3.8, 4) is 0 Å². The number of hydrogen-bond acceptors (Lipinski definition) is 5. The van der Waals surface area contributed by atoms with Crippen LogP contribution in [0.25, 0.3) is 10.2 Å². The van der Waals surface area contributed by atoms with E-state index in [1.807, 2.05) is 5.32 Å². The summed E-state index contributed by atoms with van der Waals surface area (Å²) in [6.45, 7) is -1.40. The number of aromatic nitrogens is 1. The van der Waals surface area contributed by atoms with E-state index in [-0.39, 0.29) is 11.2 Å². The van der Waals surface area contributed by atoms with Crippen LogP contribution in [0.2, 0.25) is 0 Å². The minimum absolute atomic E-state index is 0.0327. The quantitative estimate of drug-likeness (QED) is 0.521. The monoisotopic (exact) mass is 309 g/mol. The molecule has 0 saturated carbocycles. The molecule has 0 spiro atoms. The van der Waals surface area contributed by atoms with Crippen molar-refractivity contribution < 1.29 is 22.5 Å². The zero-order chi connectivity index (χ0) is 14.9. The van der Waals surface area contributed by atoms with Crippen LogP contribution < -0.4 is 5.32 Å². The van der Waals surface area contributed by atoms with Crippen molar-refractivity contribution in [1.82, 2.24) is 4.98 Å². The third-order valence-corrected chi connectivity index (χ3v) is 3.29. The Labute approximate surface area is 113 Å². The van der Waals surface area contributed by atoms with Crippen LogP contribution in [-0.4, -0.2) is 28.8 Å². The van der Waals surface area contributed by atoms with E-state index < -0.39 is 29.5 Å². The largest absolute Gasteiger partial charge is 0.373 e. The average molecular weight is 309 g/mol. The lowest BCUT2D eigenvalue weighted by Crippen LogP contribution is -2.34. The number of anilines is 1. The van der Waals surface area contributed by atoms with Crippen LogP contribution in [0, 0.1) is 10.1 Å². The predicted molar refractivity (Wildman–Crippen MR) is 65.7 cm³/mol. The van der Waals surface area contributed by atoms with E-state index in [1.54, 1.807) is 0 Å². The number of nitro benzene ring substituents is 1. The maximum atomic E-state index is 12.8. The number of fused-ring (bicyclic) bond motifs is 1. The maximum absolute atomic E-state index is 12.8. The molecular weight excluding hydrogens is 302 g/mol. The van der Waals surface area contributed by atoms with Gasteiger partial charge in [-0.3, -0.25) is 10.1 Å². The Balaban J connectivity index is 2.35. The van der Waals surface area contributed by atoms with Crippen molar-refractivity contribution in [3.63, 3.8) is 0 Å². The molecule has 2 aromatic rings. The molecular formula is C10H7F4N3O2S. The SMILES string of the molecule is O=[N+]([O-])c1c(NCC(F)(F)C(F)F)ccc2scnc12. The van der Waals surface area contributed by atoms with E-state index in [1.165, 1.54) is 17.6 Å². The first-order chi connectivity index (χ1) is 9.33. The highest BCUT2D eigenvalue weighted by Gasteiger charge is 2.40. The van der Waals surface area contributed by atoms with Crippen LogP contribution in [0.1, 0.15) is 0 Å². The Morgan fingerprint density at radius 1 is 1.45 bits per heavy atom. The Morgan fingerprint density at radius 3 is 2.75 bits per heavy atom. The summed E-state index contributed by atoms with van der Waals surface area (Å²) in [7, 11) is 0. The van der Waals surface area contributed by atoms with Crippen molar-refractivity contribution in [2.24, 2.45) is 0 Å². The molecule has 1 N–H and O–H groups in total. The van der Waals surface area contributed by atoms with Gasteiger partial charge >= 0.3 is 18.0 Å².